The van der Waals surface area contributed by atoms with Crippen molar-refractivity contribution in [1.82, 2.24) is 31.1 Å². The fraction of sp³-hybridized carbons (Fsp3) is 0.321. The molecule has 6 amide bonds. The largest absolute Gasteiger partial charge is 0.508 e. The van der Waals surface area contributed by atoms with Gasteiger partial charge in [0.1, 0.15) is 17.8 Å². The second-order valence-electron chi connectivity index (χ2n) is 19.4. The van der Waals surface area contributed by atoms with Crippen molar-refractivity contribution in [3.63, 3.8) is 0 Å². The number of imide groups is 2. The van der Waals surface area contributed by atoms with Gasteiger partial charge in [0.05, 0.1) is 39.2 Å². The van der Waals surface area contributed by atoms with Crippen molar-refractivity contribution in [1.29, 1.82) is 0 Å². The number of benzene rings is 5. The predicted molar refractivity (Wildman–Crippen MR) is 284 cm³/mol. The molecule has 0 saturated heterocycles. The standard InChI is InChI=1S/C31H34N4O7S.C25H29N3O6/c1-20(2)17-27(28(36)32-19-21-9-5-3-6-10-21)33-26(31(39)40)15-16-35-29(37)24-14-13-22(18-25(24)30(35)38)34-43(41,42)23-11-7-4-8-12-23;1-15(2)12-21(22(30)26-14-16-6-4-3-5-7-16)27-20(25(33)34)10-11-28-23(31)18-9-8-17(29)13-19(18)24(28)32/h3-14,18,20,26-27,33-34H,15-17,19H2,1-2H3,(H,32,36)(H,39,40);3-9,13,15,20-21,27,29H,10-12,14H2,1-2H3,(H,26,30)(H,33,34)/t26-,27+;20?,21-/m10/s1. The molecule has 7 rings (SSSR count). The Morgan fingerprint density at radius 2 is 0.896 bits per heavy atom. The molecule has 0 fully saturated rings. The van der Waals surface area contributed by atoms with Gasteiger partial charge in [-0.2, -0.15) is 0 Å². The number of aromatic hydroxyl groups is 1. The summed E-state index contributed by atoms with van der Waals surface area (Å²) in [5.74, 6) is -5.40. The summed E-state index contributed by atoms with van der Waals surface area (Å²) >= 11 is 0. The van der Waals surface area contributed by atoms with Crippen molar-refractivity contribution in [2.75, 3.05) is 17.8 Å². The number of carboxylic acid groups (broad SMARTS) is 2. The van der Waals surface area contributed by atoms with E-state index in [1.165, 1.54) is 48.5 Å². The highest BCUT2D eigenvalue weighted by molar-refractivity contribution is 7.92. The lowest BCUT2D eigenvalue weighted by Gasteiger charge is -2.25. The maximum atomic E-state index is 13.2. The summed E-state index contributed by atoms with van der Waals surface area (Å²) in [6, 6.07) is 30.4. The van der Waals surface area contributed by atoms with Gasteiger partial charge in [0, 0.05) is 31.9 Å². The summed E-state index contributed by atoms with van der Waals surface area (Å²) in [6.45, 7) is 7.94. The number of hydrogen-bond donors (Lipinski definition) is 8. The summed E-state index contributed by atoms with van der Waals surface area (Å²) < 4.78 is 27.8. The third-order valence-electron chi connectivity index (χ3n) is 12.6. The molecule has 20 nitrogen and oxygen atoms in total. The van der Waals surface area contributed by atoms with Crippen molar-refractivity contribution in [2.24, 2.45) is 11.8 Å². The Balaban J connectivity index is 0.000000257. The van der Waals surface area contributed by atoms with Crippen LogP contribution in [-0.2, 0) is 42.3 Å². The molecule has 5 aromatic carbocycles. The molecule has 0 radical (unpaired) electrons. The second kappa shape index (κ2) is 26.5. The molecule has 0 aliphatic carbocycles. The number of carbonyl (C=O) groups is 8. The molecular formula is C56H63N7O13S. The Morgan fingerprint density at radius 3 is 1.31 bits per heavy atom. The summed E-state index contributed by atoms with van der Waals surface area (Å²) in [5, 5.41) is 40.8. The zero-order valence-electron chi connectivity index (χ0n) is 43.0. The molecule has 5 aromatic rings. The molecule has 2 heterocycles. The Morgan fingerprint density at radius 1 is 0.506 bits per heavy atom. The summed E-state index contributed by atoms with van der Waals surface area (Å²) in [7, 11) is -3.92. The molecule has 2 aliphatic rings. The zero-order valence-corrected chi connectivity index (χ0v) is 43.8. The van der Waals surface area contributed by atoms with Gasteiger partial charge in [0.2, 0.25) is 11.8 Å². The molecule has 0 spiro atoms. The van der Waals surface area contributed by atoms with Crippen molar-refractivity contribution >= 4 is 63.1 Å². The average molecular weight is 1070 g/mol. The van der Waals surface area contributed by atoms with Crippen molar-refractivity contribution in [3.8, 4) is 5.75 Å². The number of rotatable bonds is 25. The molecule has 8 N–H and O–H groups in total. The van der Waals surface area contributed by atoms with Crippen molar-refractivity contribution in [3.05, 3.63) is 161 Å². The number of carboxylic acids is 2. The van der Waals surface area contributed by atoms with Crippen LogP contribution in [0.15, 0.2) is 132 Å². The maximum absolute atomic E-state index is 13.2. The van der Waals surface area contributed by atoms with E-state index < -0.39 is 69.8 Å². The average Bonchev–Trinajstić information content (AvgIpc) is 3.81. The van der Waals surface area contributed by atoms with E-state index in [-0.39, 0.29) is 94.7 Å². The summed E-state index contributed by atoms with van der Waals surface area (Å²) in [5.41, 5.74) is 2.28. The second-order valence-corrected chi connectivity index (χ2v) is 21.1. The van der Waals surface area contributed by atoms with Crippen molar-refractivity contribution in [2.45, 2.75) is 95.5 Å². The Kier molecular flexibility index (Phi) is 19.9. The lowest BCUT2D eigenvalue weighted by Crippen LogP contribution is -2.52. The van der Waals surface area contributed by atoms with E-state index in [4.69, 9.17) is 0 Å². The fourth-order valence-corrected chi connectivity index (χ4v) is 9.74. The number of aliphatic carboxylic acids is 2. The molecule has 4 atom stereocenters. The van der Waals surface area contributed by atoms with E-state index in [9.17, 15) is 62.1 Å². The molecule has 2 aliphatic heterocycles. The monoisotopic (exact) mass is 1070 g/mol. The quantitative estimate of drug-likeness (QED) is 0.0340. The van der Waals surface area contributed by atoms with Crippen LogP contribution in [0, 0.1) is 11.8 Å². The molecule has 77 heavy (non-hydrogen) atoms. The van der Waals surface area contributed by atoms with E-state index in [1.807, 2.05) is 88.4 Å². The number of sulfonamides is 1. The topological polar surface area (TPSA) is 298 Å². The number of nitrogens with one attached hydrogen (secondary N) is 5. The molecule has 1 unspecified atom stereocenters. The normalized spacial score (nSPS) is 14.5. The van der Waals surface area contributed by atoms with Gasteiger partial charge in [-0.3, -0.25) is 63.5 Å². The third kappa shape index (κ3) is 15.7. The number of phenolic OH excluding ortho intramolecular Hbond substituents is 1. The van der Waals surface area contributed by atoms with Crippen LogP contribution in [-0.4, -0.2) is 118 Å². The lowest BCUT2D eigenvalue weighted by molar-refractivity contribution is -0.141. The van der Waals surface area contributed by atoms with E-state index in [1.54, 1.807) is 18.2 Å². The lowest BCUT2D eigenvalue weighted by atomic mass is 10.0. The first-order chi connectivity index (χ1) is 36.6. The first kappa shape index (κ1) is 58.0. The van der Waals surface area contributed by atoms with Gasteiger partial charge in [-0.15, -0.1) is 0 Å². The highest BCUT2D eigenvalue weighted by Crippen LogP contribution is 2.29. The van der Waals surface area contributed by atoms with Gasteiger partial charge < -0.3 is 26.0 Å². The van der Waals surface area contributed by atoms with Crippen LogP contribution in [0.4, 0.5) is 5.69 Å². The minimum absolute atomic E-state index is 0.0102. The number of anilines is 1. The molecule has 21 heteroatoms. The van der Waals surface area contributed by atoms with Gasteiger partial charge >= 0.3 is 11.9 Å². The van der Waals surface area contributed by atoms with Gasteiger partial charge in [-0.25, -0.2) is 8.42 Å². The first-order valence-corrected chi connectivity index (χ1v) is 26.5. The van der Waals surface area contributed by atoms with Crippen LogP contribution in [0.2, 0.25) is 0 Å². The maximum Gasteiger partial charge on any atom is 0.320 e. The molecule has 406 valence electrons. The van der Waals surface area contributed by atoms with Crippen LogP contribution in [0.1, 0.15) is 106 Å². The Labute approximate surface area is 446 Å². The van der Waals surface area contributed by atoms with E-state index in [0.717, 1.165) is 20.9 Å². The van der Waals surface area contributed by atoms with Gasteiger partial charge in [0.25, 0.3) is 33.7 Å². The van der Waals surface area contributed by atoms with Crippen LogP contribution < -0.4 is 26.0 Å². The van der Waals surface area contributed by atoms with E-state index in [0.29, 0.717) is 19.4 Å². The number of hydrogen-bond acceptors (Lipinski definition) is 13. The Hall–Kier alpha value is -8.27. The zero-order chi connectivity index (χ0) is 56.0. The smallest absolute Gasteiger partial charge is 0.320 e. The van der Waals surface area contributed by atoms with Crippen LogP contribution in [0.5, 0.6) is 5.75 Å². The van der Waals surface area contributed by atoms with Crippen LogP contribution in [0.3, 0.4) is 0 Å². The molecular weight excluding hydrogens is 1010 g/mol. The minimum atomic E-state index is -3.92. The minimum Gasteiger partial charge on any atom is -0.508 e. The number of carbonyl (C=O) groups excluding carboxylic acids is 6. The number of nitrogens with zero attached hydrogens (tertiary/aromatic N) is 2. The molecule has 0 aromatic heterocycles. The van der Waals surface area contributed by atoms with Crippen LogP contribution in [0.25, 0.3) is 0 Å². The highest BCUT2D eigenvalue weighted by atomic mass is 32.2. The number of phenols is 1. The third-order valence-corrected chi connectivity index (χ3v) is 14.0. The van der Waals surface area contributed by atoms with Crippen LogP contribution >= 0.6 is 0 Å². The molecule has 0 bridgehead atoms. The van der Waals surface area contributed by atoms with Gasteiger partial charge in [0.15, 0.2) is 0 Å². The Bertz CT molecular complexity index is 3070. The van der Waals surface area contributed by atoms with E-state index >= 15 is 0 Å². The van der Waals surface area contributed by atoms with E-state index in [2.05, 4.69) is 26.0 Å². The predicted octanol–water partition coefficient (Wildman–Crippen LogP) is 5.40. The SMILES string of the molecule is CC(C)C[C@H](NC(CCN1C(=O)c2ccc(O)cc2C1=O)C(=O)O)C(=O)NCc1ccccc1.CC(C)C[C@H](N[C@H](CCN1C(=O)c2ccc(NS(=O)(=O)c3ccccc3)cc2C1=O)C(=O)O)C(=O)NCc1ccccc1. The summed E-state index contributed by atoms with van der Waals surface area (Å²) in [6.07, 6.45) is 0.567. The van der Waals surface area contributed by atoms with Gasteiger partial charge in [-0.05, 0) is 97.2 Å². The fourth-order valence-electron chi connectivity index (χ4n) is 8.67. The summed E-state index contributed by atoms with van der Waals surface area (Å²) in [4.78, 5) is 103. The molecule has 0 saturated carbocycles. The number of amides is 6. The first-order valence-electron chi connectivity index (χ1n) is 25.0. The highest BCUT2D eigenvalue weighted by Gasteiger charge is 2.39. The number of fused-ring (bicyclic) bond motifs is 2. The van der Waals surface area contributed by atoms with Gasteiger partial charge in [-0.1, -0.05) is 107 Å². The van der Waals surface area contributed by atoms with Crippen molar-refractivity contribution < 1.29 is 62.1 Å².